The van der Waals surface area contributed by atoms with E-state index < -0.39 is 0 Å². The van der Waals surface area contributed by atoms with Gasteiger partial charge in [-0.2, -0.15) is 0 Å². The summed E-state index contributed by atoms with van der Waals surface area (Å²) in [6.45, 7) is 5.00. The molecule has 0 amide bonds. The predicted octanol–water partition coefficient (Wildman–Crippen LogP) is 3.39. The van der Waals surface area contributed by atoms with E-state index in [1.807, 2.05) is 24.3 Å². The number of hydrogen-bond acceptors (Lipinski definition) is 3. The van der Waals surface area contributed by atoms with Crippen LogP contribution in [0.25, 0.3) is 0 Å². The van der Waals surface area contributed by atoms with Crippen molar-refractivity contribution in [1.29, 1.82) is 0 Å². The Morgan fingerprint density at radius 3 is 2.67 bits per heavy atom. The molecule has 1 aromatic carbocycles. The maximum atomic E-state index is 10.4. The lowest BCUT2D eigenvalue weighted by atomic mass is 10.3. The van der Waals surface area contributed by atoms with E-state index in [2.05, 4.69) is 6.92 Å². The van der Waals surface area contributed by atoms with E-state index >= 15 is 0 Å². The summed E-state index contributed by atoms with van der Waals surface area (Å²) in [5, 5.41) is 0. The van der Waals surface area contributed by atoms with Crippen molar-refractivity contribution in [3.05, 3.63) is 35.9 Å². The number of carbonyl (C=O) groups excluding carboxylic acids is 1. The summed E-state index contributed by atoms with van der Waals surface area (Å²) in [5.41, 5.74) is 0.672. The van der Waals surface area contributed by atoms with Gasteiger partial charge in [-0.05, 0) is 37.1 Å². The number of aldehydes is 1. The lowest BCUT2D eigenvalue weighted by Crippen LogP contribution is -1.98. The maximum Gasteiger partial charge on any atom is 0.145 e. The van der Waals surface area contributed by atoms with Crippen LogP contribution < -0.4 is 9.47 Å². The van der Waals surface area contributed by atoms with Crippen LogP contribution in [0.5, 0.6) is 11.5 Å². The molecule has 3 nitrogen and oxygen atoms in total. The first-order valence-electron chi connectivity index (χ1n) is 6.24. The quantitative estimate of drug-likeness (QED) is 0.402. The van der Waals surface area contributed by atoms with Gasteiger partial charge in [-0.1, -0.05) is 19.4 Å². The number of carbonyl (C=O) groups is 1. The smallest absolute Gasteiger partial charge is 0.145 e. The Bertz CT molecular complexity index is 396. The Hall–Kier alpha value is -1.77. The fraction of sp³-hybridized carbons (Fsp3) is 0.400. The van der Waals surface area contributed by atoms with Gasteiger partial charge in [-0.15, -0.1) is 0 Å². The second kappa shape index (κ2) is 8.34. The van der Waals surface area contributed by atoms with Gasteiger partial charge in [0.25, 0.3) is 0 Å². The molecule has 0 spiro atoms. The Morgan fingerprint density at radius 1 is 1.28 bits per heavy atom. The van der Waals surface area contributed by atoms with Gasteiger partial charge < -0.3 is 9.47 Å². The molecular formula is C15H20O3. The number of allylic oxidation sites excluding steroid dienone is 1. The SMILES string of the molecule is CCCCOc1cccc(OC/C=C(\C)C=O)c1. The minimum absolute atomic E-state index is 0.392. The molecule has 3 heteroatoms. The van der Waals surface area contributed by atoms with E-state index in [9.17, 15) is 4.79 Å². The van der Waals surface area contributed by atoms with Crippen molar-refractivity contribution >= 4 is 6.29 Å². The number of unbranched alkanes of at least 4 members (excludes halogenated alkanes) is 1. The van der Waals surface area contributed by atoms with Crippen molar-refractivity contribution in [3.8, 4) is 11.5 Å². The number of ether oxygens (including phenoxy) is 2. The lowest BCUT2D eigenvalue weighted by Gasteiger charge is -2.08. The van der Waals surface area contributed by atoms with Crippen LogP contribution in [0.1, 0.15) is 26.7 Å². The molecule has 1 aromatic rings. The highest BCUT2D eigenvalue weighted by Gasteiger charge is 1.97. The van der Waals surface area contributed by atoms with Gasteiger partial charge in [-0.25, -0.2) is 0 Å². The van der Waals surface area contributed by atoms with Crippen LogP contribution >= 0.6 is 0 Å². The second-order valence-electron chi connectivity index (χ2n) is 4.05. The highest BCUT2D eigenvalue weighted by atomic mass is 16.5. The summed E-state index contributed by atoms with van der Waals surface area (Å²) in [6, 6.07) is 7.54. The highest BCUT2D eigenvalue weighted by molar-refractivity contribution is 5.71. The van der Waals surface area contributed by atoms with Crippen LogP contribution in [-0.2, 0) is 4.79 Å². The predicted molar refractivity (Wildman–Crippen MR) is 72.2 cm³/mol. The van der Waals surface area contributed by atoms with E-state index in [1.54, 1.807) is 13.0 Å². The summed E-state index contributed by atoms with van der Waals surface area (Å²) < 4.78 is 11.1. The van der Waals surface area contributed by atoms with Crippen LogP contribution in [0.2, 0.25) is 0 Å². The van der Waals surface area contributed by atoms with Crippen molar-refractivity contribution in [2.45, 2.75) is 26.7 Å². The molecule has 98 valence electrons. The molecule has 0 unspecified atom stereocenters. The fourth-order valence-corrected chi connectivity index (χ4v) is 1.31. The van der Waals surface area contributed by atoms with E-state index in [0.717, 1.165) is 37.2 Å². The van der Waals surface area contributed by atoms with Crippen molar-refractivity contribution < 1.29 is 14.3 Å². The van der Waals surface area contributed by atoms with Gasteiger partial charge >= 0.3 is 0 Å². The highest BCUT2D eigenvalue weighted by Crippen LogP contribution is 2.19. The Kier molecular flexibility index (Phi) is 6.62. The molecule has 0 atom stereocenters. The zero-order valence-corrected chi connectivity index (χ0v) is 11.0. The monoisotopic (exact) mass is 248 g/mol. The van der Waals surface area contributed by atoms with Crippen molar-refractivity contribution in [3.63, 3.8) is 0 Å². The van der Waals surface area contributed by atoms with E-state index in [1.165, 1.54) is 0 Å². The third-order valence-electron chi connectivity index (χ3n) is 2.41. The first-order valence-corrected chi connectivity index (χ1v) is 6.24. The molecule has 0 aliphatic heterocycles. The van der Waals surface area contributed by atoms with Crippen LogP contribution in [0.15, 0.2) is 35.9 Å². The van der Waals surface area contributed by atoms with Gasteiger partial charge in [0.05, 0.1) is 6.61 Å². The van der Waals surface area contributed by atoms with Crippen molar-refractivity contribution in [2.75, 3.05) is 13.2 Å². The molecule has 0 saturated carbocycles. The molecule has 0 fully saturated rings. The summed E-state index contributed by atoms with van der Waals surface area (Å²) >= 11 is 0. The van der Waals surface area contributed by atoms with Crippen molar-refractivity contribution in [1.82, 2.24) is 0 Å². The minimum Gasteiger partial charge on any atom is -0.493 e. The summed E-state index contributed by atoms with van der Waals surface area (Å²) in [4.78, 5) is 10.4. The minimum atomic E-state index is 0.392. The van der Waals surface area contributed by atoms with Gasteiger partial charge in [0.1, 0.15) is 24.4 Å². The first-order chi connectivity index (χ1) is 8.76. The number of hydrogen-bond donors (Lipinski definition) is 0. The van der Waals surface area contributed by atoms with Gasteiger partial charge in [0.2, 0.25) is 0 Å². The third kappa shape index (κ3) is 5.53. The second-order valence-corrected chi connectivity index (χ2v) is 4.05. The zero-order chi connectivity index (χ0) is 13.2. The molecule has 0 radical (unpaired) electrons. The summed E-state index contributed by atoms with van der Waals surface area (Å²) in [6.07, 6.45) is 4.73. The average Bonchev–Trinajstić information content (AvgIpc) is 2.39. The molecule has 0 aliphatic carbocycles. The topological polar surface area (TPSA) is 35.5 Å². The van der Waals surface area contributed by atoms with Crippen LogP contribution in [0.3, 0.4) is 0 Å². The van der Waals surface area contributed by atoms with E-state index in [4.69, 9.17) is 9.47 Å². The maximum absolute atomic E-state index is 10.4. The molecule has 0 aliphatic rings. The van der Waals surface area contributed by atoms with Gasteiger partial charge in [-0.3, -0.25) is 4.79 Å². The Balaban J connectivity index is 2.46. The normalized spacial score (nSPS) is 11.1. The van der Waals surface area contributed by atoms with Gasteiger partial charge in [0, 0.05) is 6.07 Å². The summed E-state index contributed by atoms with van der Waals surface area (Å²) in [5.74, 6) is 1.57. The Morgan fingerprint density at radius 2 is 2.00 bits per heavy atom. The summed E-state index contributed by atoms with van der Waals surface area (Å²) in [7, 11) is 0. The molecule has 0 saturated heterocycles. The van der Waals surface area contributed by atoms with E-state index in [0.29, 0.717) is 12.2 Å². The number of benzene rings is 1. The third-order valence-corrected chi connectivity index (χ3v) is 2.41. The zero-order valence-electron chi connectivity index (χ0n) is 11.0. The first kappa shape index (κ1) is 14.3. The molecular weight excluding hydrogens is 228 g/mol. The molecule has 0 aromatic heterocycles. The van der Waals surface area contributed by atoms with Crippen LogP contribution in [0, 0.1) is 0 Å². The number of rotatable bonds is 8. The molecule has 0 heterocycles. The fourth-order valence-electron chi connectivity index (χ4n) is 1.31. The van der Waals surface area contributed by atoms with Crippen molar-refractivity contribution in [2.24, 2.45) is 0 Å². The molecule has 1 rings (SSSR count). The Labute approximate surface area is 108 Å². The molecule has 0 N–H and O–H groups in total. The average molecular weight is 248 g/mol. The molecule has 0 bridgehead atoms. The van der Waals surface area contributed by atoms with E-state index in [-0.39, 0.29) is 0 Å². The van der Waals surface area contributed by atoms with Crippen LogP contribution in [-0.4, -0.2) is 19.5 Å². The standard InChI is InChI=1S/C15H20O3/c1-3-4-9-17-14-6-5-7-15(11-14)18-10-8-13(2)12-16/h5-8,11-12H,3-4,9-10H2,1-2H3/b13-8+. The largest absolute Gasteiger partial charge is 0.493 e. The van der Waals surface area contributed by atoms with Gasteiger partial charge in [0.15, 0.2) is 0 Å². The lowest BCUT2D eigenvalue weighted by molar-refractivity contribution is -0.104. The molecule has 18 heavy (non-hydrogen) atoms. The van der Waals surface area contributed by atoms with Crippen LogP contribution in [0.4, 0.5) is 0 Å².